The fourth-order valence-corrected chi connectivity index (χ4v) is 1.09. The fourth-order valence-electron chi connectivity index (χ4n) is 0.954. The van der Waals surface area contributed by atoms with Crippen molar-refractivity contribution in [1.82, 2.24) is 4.98 Å². The summed E-state index contributed by atoms with van der Waals surface area (Å²) in [6.07, 6.45) is -1.21. The van der Waals surface area contributed by atoms with Gasteiger partial charge in [0.2, 0.25) is 5.88 Å². The average Bonchev–Trinajstić information content (AvgIpc) is 2.15. The van der Waals surface area contributed by atoms with Crippen LogP contribution in [0.1, 0.15) is 15.9 Å². The van der Waals surface area contributed by atoms with Crippen LogP contribution < -0.4 is 4.74 Å². The summed E-state index contributed by atoms with van der Waals surface area (Å²) in [7, 11) is 0. The largest absolute Gasteiger partial charge is 0.471 e. The maximum absolute atomic E-state index is 11.9. The van der Waals surface area contributed by atoms with Crippen molar-refractivity contribution in [2.45, 2.75) is 13.3 Å². The third-order valence-electron chi connectivity index (χ3n) is 1.55. The molecule has 3 nitrogen and oxygen atoms in total. The molecule has 0 aromatic carbocycles. The Morgan fingerprint density at radius 1 is 1.67 bits per heavy atom. The number of nitrogens with zero attached hydrogens (tertiary/aromatic N) is 1. The molecule has 15 heavy (non-hydrogen) atoms. The molecule has 82 valence electrons. The smallest absolute Gasteiger partial charge is 0.272 e. The lowest BCUT2D eigenvalue weighted by molar-refractivity contribution is 0.0783. The maximum atomic E-state index is 11.9. The zero-order valence-electron chi connectivity index (χ0n) is 7.84. The van der Waals surface area contributed by atoms with Crippen LogP contribution in [0.2, 0.25) is 0 Å². The van der Waals surface area contributed by atoms with Crippen LogP contribution in [0.5, 0.6) is 5.88 Å². The van der Waals surface area contributed by atoms with Crippen LogP contribution in [0, 0.1) is 6.92 Å². The maximum Gasteiger partial charge on any atom is 0.272 e. The molecule has 1 aromatic heterocycles. The van der Waals surface area contributed by atoms with Gasteiger partial charge in [0, 0.05) is 6.20 Å². The van der Waals surface area contributed by atoms with E-state index in [1.807, 2.05) is 0 Å². The number of hydrogen-bond acceptors (Lipinski definition) is 3. The van der Waals surface area contributed by atoms with Crippen LogP contribution in [0.15, 0.2) is 12.3 Å². The Morgan fingerprint density at radius 3 is 2.87 bits per heavy atom. The Kier molecular flexibility index (Phi) is 3.96. The molecule has 0 saturated heterocycles. The highest BCUT2D eigenvalue weighted by molar-refractivity contribution is 6.68. The number of rotatable bonds is 4. The van der Waals surface area contributed by atoms with Gasteiger partial charge in [0.05, 0.1) is 5.56 Å². The first kappa shape index (κ1) is 11.8. The SMILES string of the molecule is Cc1cnc(OCC(F)F)c(C(=O)Cl)c1. The molecule has 6 heteroatoms. The molecular formula is C9H8ClF2NO2. The number of ether oxygens (including phenoxy) is 1. The zero-order chi connectivity index (χ0) is 11.4. The van der Waals surface area contributed by atoms with Gasteiger partial charge in [-0.3, -0.25) is 4.79 Å². The predicted molar refractivity (Wildman–Crippen MR) is 50.7 cm³/mol. The van der Waals surface area contributed by atoms with Crippen LogP contribution in [-0.2, 0) is 0 Å². The molecule has 0 bridgehead atoms. The molecule has 0 aliphatic rings. The second kappa shape index (κ2) is 5.02. The highest BCUT2D eigenvalue weighted by Gasteiger charge is 2.14. The molecule has 0 amide bonds. The van der Waals surface area contributed by atoms with Crippen LogP contribution in [0.3, 0.4) is 0 Å². The van der Waals surface area contributed by atoms with Crippen molar-refractivity contribution >= 4 is 16.8 Å². The lowest BCUT2D eigenvalue weighted by Gasteiger charge is -2.07. The third kappa shape index (κ3) is 3.43. The molecule has 1 heterocycles. The van der Waals surface area contributed by atoms with Gasteiger partial charge in [-0.2, -0.15) is 0 Å². The lowest BCUT2D eigenvalue weighted by Crippen LogP contribution is -2.10. The van der Waals surface area contributed by atoms with Crippen LogP contribution in [-0.4, -0.2) is 23.3 Å². The number of hydrogen-bond donors (Lipinski definition) is 0. The lowest BCUT2D eigenvalue weighted by atomic mass is 10.2. The summed E-state index contributed by atoms with van der Waals surface area (Å²) >= 11 is 5.25. The van der Waals surface area contributed by atoms with E-state index < -0.39 is 18.3 Å². The van der Waals surface area contributed by atoms with Crippen LogP contribution in [0.4, 0.5) is 8.78 Å². The third-order valence-corrected chi connectivity index (χ3v) is 1.75. The van der Waals surface area contributed by atoms with Gasteiger partial charge < -0.3 is 4.74 Å². The van der Waals surface area contributed by atoms with Crippen molar-refractivity contribution in [2.24, 2.45) is 0 Å². The first-order valence-electron chi connectivity index (χ1n) is 4.08. The zero-order valence-corrected chi connectivity index (χ0v) is 8.59. The molecule has 0 unspecified atom stereocenters. The van der Waals surface area contributed by atoms with Gasteiger partial charge >= 0.3 is 0 Å². The number of alkyl halides is 2. The minimum atomic E-state index is -2.62. The topological polar surface area (TPSA) is 39.2 Å². The summed E-state index contributed by atoms with van der Waals surface area (Å²) in [5, 5.41) is -0.782. The fraction of sp³-hybridized carbons (Fsp3) is 0.333. The molecule has 0 radical (unpaired) electrons. The number of aryl methyl sites for hydroxylation is 1. The van der Waals surface area contributed by atoms with Crippen molar-refractivity contribution in [2.75, 3.05) is 6.61 Å². The summed E-state index contributed by atoms with van der Waals surface area (Å²) in [6, 6.07) is 1.43. The van der Waals surface area contributed by atoms with Crippen molar-refractivity contribution in [3.63, 3.8) is 0 Å². The summed E-state index contributed by atoms with van der Waals surface area (Å²) in [5.41, 5.74) is 0.695. The summed E-state index contributed by atoms with van der Waals surface area (Å²) in [5.74, 6) is -0.166. The predicted octanol–water partition coefficient (Wildman–Crippen LogP) is 2.41. The van der Waals surface area contributed by atoms with Gasteiger partial charge in [-0.25, -0.2) is 13.8 Å². The van der Waals surface area contributed by atoms with E-state index in [2.05, 4.69) is 9.72 Å². The molecule has 0 aliphatic heterocycles. The van der Waals surface area contributed by atoms with E-state index in [0.29, 0.717) is 5.56 Å². The molecular weight excluding hydrogens is 228 g/mol. The molecule has 1 rings (SSSR count). The van der Waals surface area contributed by atoms with Crippen LogP contribution >= 0.6 is 11.6 Å². The van der Waals surface area contributed by atoms with Gasteiger partial charge in [-0.1, -0.05) is 0 Å². The Morgan fingerprint density at radius 2 is 2.33 bits per heavy atom. The van der Waals surface area contributed by atoms with E-state index in [1.54, 1.807) is 6.92 Å². The molecule has 0 fully saturated rings. The molecule has 0 saturated carbocycles. The van der Waals surface area contributed by atoms with E-state index in [9.17, 15) is 13.6 Å². The van der Waals surface area contributed by atoms with E-state index in [-0.39, 0.29) is 11.4 Å². The first-order chi connectivity index (χ1) is 7.00. The molecule has 0 N–H and O–H groups in total. The van der Waals surface area contributed by atoms with Crippen molar-refractivity contribution < 1.29 is 18.3 Å². The Hall–Kier alpha value is -1.23. The van der Waals surface area contributed by atoms with Gasteiger partial charge in [0.15, 0.2) is 6.61 Å². The van der Waals surface area contributed by atoms with E-state index in [0.717, 1.165) is 0 Å². The summed E-state index contributed by atoms with van der Waals surface area (Å²) in [4.78, 5) is 14.6. The standard InChI is InChI=1S/C9H8ClF2NO2/c1-5-2-6(8(10)14)9(13-3-5)15-4-7(11)12/h2-3,7H,4H2,1H3. The van der Waals surface area contributed by atoms with E-state index >= 15 is 0 Å². The van der Waals surface area contributed by atoms with E-state index in [4.69, 9.17) is 11.6 Å². The normalized spacial score (nSPS) is 10.5. The van der Waals surface area contributed by atoms with E-state index in [1.165, 1.54) is 12.3 Å². The Labute approximate surface area is 90.0 Å². The summed E-state index contributed by atoms with van der Waals surface area (Å²) in [6.45, 7) is 0.889. The summed E-state index contributed by atoms with van der Waals surface area (Å²) < 4.78 is 28.4. The Bertz CT molecular complexity index is 371. The Balaban J connectivity index is 2.91. The molecule has 0 atom stereocenters. The quantitative estimate of drug-likeness (QED) is 0.753. The highest BCUT2D eigenvalue weighted by Crippen LogP contribution is 2.19. The van der Waals surface area contributed by atoms with Gasteiger partial charge in [-0.05, 0) is 30.2 Å². The van der Waals surface area contributed by atoms with Crippen LogP contribution in [0.25, 0.3) is 0 Å². The van der Waals surface area contributed by atoms with Crippen molar-refractivity contribution in [1.29, 1.82) is 0 Å². The number of carbonyl (C=O) groups excluding carboxylic acids is 1. The van der Waals surface area contributed by atoms with Gasteiger partial charge in [0.1, 0.15) is 0 Å². The number of carbonyl (C=O) groups is 1. The minimum absolute atomic E-state index is 0.00248. The van der Waals surface area contributed by atoms with Gasteiger partial charge in [-0.15, -0.1) is 0 Å². The average molecular weight is 236 g/mol. The van der Waals surface area contributed by atoms with Crippen molar-refractivity contribution in [3.05, 3.63) is 23.4 Å². The number of pyridine rings is 1. The molecule has 0 aliphatic carbocycles. The van der Waals surface area contributed by atoms with Crippen molar-refractivity contribution in [3.8, 4) is 5.88 Å². The van der Waals surface area contributed by atoms with Gasteiger partial charge in [0.25, 0.3) is 11.7 Å². The molecule has 0 spiro atoms. The molecule has 1 aromatic rings. The second-order valence-corrected chi connectivity index (χ2v) is 3.18. The monoisotopic (exact) mass is 235 g/mol. The minimum Gasteiger partial charge on any atom is -0.471 e. The highest BCUT2D eigenvalue weighted by atomic mass is 35.5. The second-order valence-electron chi connectivity index (χ2n) is 2.84. The number of aromatic nitrogens is 1. The number of halogens is 3. The first-order valence-corrected chi connectivity index (χ1v) is 4.46.